The number of hydrogen-bond acceptors (Lipinski definition) is 4. The molecule has 6 nitrogen and oxygen atoms in total. The zero-order chi connectivity index (χ0) is 17.8. The molecule has 0 atom stereocenters. The maximum Gasteiger partial charge on any atom is 0.335 e. The molecule has 1 aromatic carbocycles. The third-order valence-corrected chi connectivity index (χ3v) is 5.67. The van der Waals surface area contributed by atoms with Gasteiger partial charge in [0.1, 0.15) is 0 Å². The van der Waals surface area contributed by atoms with Gasteiger partial charge >= 0.3 is 5.97 Å². The first-order valence-corrected chi connectivity index (χ1v) is 9.64. The van der Waals surface area contributed by atoms with Gasteiger partial charge in [-0.25, -0.2) is 4.79 Å². The average Bonchev–Trinajstić information content (AvgIpc) is 2.62. The van der Waals surface area contributed by atoms with Crippen LogP contribution in [0.15, 0.2) is 47.4 Å². The summed E-state index contributed by atoms with van der Waals surface area (Å²) in [5.41, 5.74) is 1.37. The summed E-state index contributed by atoms with van der Waals surface area (Å²) in [5, 5.41) is 8.97. The summed E-state index contributed by atoms with van der Waals surface area (Å²) in [4.78, 5) is 25.9. The lowest BCUT2D eigenvalue weighted by molar-refractivity contribution is 0.0697. The van der Waals surface area contributed by atoms with E-state index in [9.17, 15) is 13.8 Å². The second-order valence-corrected chi connectivity index (χ2v) is 7.69. The molecule has 7 heteroatoms. The van der Waals surface area contributed by atoms with Gasteiger partial charge < -0.3 is 9.67 Å². The van der Waals surface area contributed by atoms with Crippen LogP contribution < -0.4 is 5.56 Å². The molecule has 1 saturated heterocycles. The Morgan fingerprint density at radius 3 is 2.40 bits per heavy atom. The number of benzene rings is 1. The zero-order valence-electron chi connectivity index (χ0n) is 13.8. The lowest BCUT2D eigenvalue weighted by Gasteiger charge is -2.26. The number of carboxylic acid groups (broad SMARTS) is 1. The molecule has 0 unspecified atom stereocenters. The van der Waals surface area contributed by atoms with Crippen LogP contribution in [0.25, 0.3) is 11.1 Å². The monoisotopic (exact) mass is 360 g/mol. The van der Waals surface area contributed by atoms with E-state index in [4.69, 9.17) is 5.11 Å². The minimum absolute atomic E-state index is 0.0915. The van der Waals surface area contributed by atoms with E-state index in [-0.39, 0.29) is 11.1 Å². The molecule has 0 radical (unpaired) electrons. The van der Waals surface area contributed by atoms with E-state index in [0.717, 1.165) is 19.6 Å². The maximum atomic E-state index is 12.7. The fraction of sp³-hybridized carbons (Fsp3) is 0.333. The number of nitrogens with zero attached hydrogens (tertiary/aromatic N) is 2. The standard InChI is InChI=1S/C18H20N2O4S/c21-17-16(14-3-5-15(6-4-14)18(22)23)2-1-7-20(17)9-8-19-10-12-25(24)13-11-19/h1-7H,8-13H2,(H,22,23). The Hall–Kier alpha value is -2.25. The summed E-state index contributed by atoms with van der Waals surface area (Å²) in [6, 6.07) is 9.89. The Balaban J connectivity index is 1.74. The summed E-state index contributed by atoms with van der Waals surface area (Å²) in [7, 11) is -0.699. The number of aromatic carboxylic acids is 1. The van der Waals surface area contributed by atoms with E-state index in [0.29, 0.717) is 29.2 Å². The van der Waals surface area contributed by atoms with E-state index in [1.807, 2.05) is 6.07 Å². The molecule has 0 amide bonds. The van der Waals surface area contributed by atoms with Crippen LogP contribution in [0.2, 0.25) is 0 Å². The quantitative estimate of drug-likeness (QED) is 0.869. The summed E-state index contributed by atoms with van der Waals surface area (Å²) in [6.45, 7) is 2.93. The van der Waals surface area contributed by atoms with Crippen LogP contribution in [0, 0.1) is 0 Å². The molecule has 1 N–H and O–H groups in total. The predicted molar refractivity (Wildman–Crippen MR) is 97.4 cm³/mol. The summed E-state index contributed by atoms with van der Waals surface area (Å²) in [5.74, 6) is 0.412. The van der Waals surface area contributed by atoms with Crippen molar-refractivity contribution >= 4 is 16.8 Å². The van der Waals surface area contributed by atoms with E-state index in [1.165, 1.54) is 12.1 Å². The lowest BCUT2D eigenvalue weighted by atomic mass is 10.1. The van der Waals surface area contributed by atoms with E-state index >= 15 is 0 Å². The van der Waals surface area contributed by atoms with Crippen molar-refractivity contribution < 1.29 is 14.1 Å². The molecule has 1 aliphatic rings. The van der Waals surface area contributed by atoms with E-state index < -0.39 is 16.8 Å². The molecule has 0 saturated carbocycles. The second kappa shape index (κ2) is 7.76. The van der Waals surface area contributed by atoms with Gasteiger partial charge in [0.15, 0.2) is 0 Å². The highest BCUT2D eigenvalue weighted by Gasteiger charge is 2.15. The number of pyridine rings is 1. The summed E-state index contributed by atoms with van der Waals surface area (Å²) < 4.78 is 13.1. The van der Waals surface area contributed by atoms with Gasteiger partial charge in [-0.1, -0.05) is 12.1 Å². The second-order valence-electron chi connectivity index (χ2n) is 5.99. The van der Waals surface area contributed by atoms with Gasteiger partial charge in [0.2, 0.25) is 0 Å². The number of carbonyl (C=O) groups is 1. The molecule has 2 heterocycles. The van der Waals surface area contributed by atoms with Gasteiger partial charge in [-0.2, -0.15) is 0 Å². The Morgan fingerprint density at radius 1 is 1.08 bits per heavy atom. The molecule has 2 aromatic rings. The van der Waals surface area contributed by atoms with Crippen molar-refractivity contribution in [2.45, 2.75) is 6.54 Å². The van der Waals surface area contributed by atoms with Crippen molar-refractivity contribution in [3.05, 3.63) is 58.5 Å². The molecule has 3 rings (SSSR count). The van der Waals surface area contributed by atoms with Crippen LogP contribution in [0.3, 0.4) is 0 Å². The maximum absolute atomic E-state index is 12.7. The van der Waals surface area contributed by atoms with Gasteiger partial charge in [0.05, 0.1) is 5.56 Å². The summed E-state index contributed by atoms with van der Waals surface area (Å²) >= 11 is 0. The normalized spacial score (nSPS) is 16.0. The molecule has 25 heavy (non-hydrogen) atoms. The van der Waals surface area contributed by atoms with E-state index in [1.54, 1.807) is 29.0 Å². The first-order chi connectivity index (χ1) is 12.0. The minimum atomic E-state index is -0.987. The van der Waals surface area contributed by atoms with Crippen molar-refractivity contribution in [3.8, 4) is 11.1 Å². The fourth-order valence-electron chi connectivity index (χ4n) is 2.87. The molecule has 132 valence electrons. The van der Waals surface area contributed by atoms with Gasteiger partial charge in [0.25, 0.3) is 5.56 Å². The van der Waals surface area contributed by atoms with Crippen LogP contribution in [0.5, 0.6) is 0 Å². The topological polar surface area (TPSA) is 79.6 Å². The third-order valence-electron chi connectivity index (χ3n) is 4.39. The van der Waals surface area contributed by atoms with Gasteiger partial charge in [-0.05, 0) is 29.8 Å². The van der Waals surface area contributed by atoms with Crippen molar-refractivity contribution in [2.75, 3.05) is 31.1 Å². The highest BCUT2D eigenvalue weighted by molar-refractivity contribution is 7.85. The fourth-order valence-corrected chi connectivity index (χ4v) is 4.00. The molecular weight excluding hydrogens is 340 g/mol. The van der Waals surface area contributed by atoms with E-state index in [2.05, 4.69) is 4.90 Å². The first-order valence-electron chi connectivity index (χ1n) is 8.15. The highest BCUT2D eigenvalue weighted by Crippen LogP contribution is 2.16. The average molecular weight is 360 g/mol. The Kier molecular flexibility index (Phi) is 5.45. The largest absolute Gasteiger partial charge is 0.478 e. The predicted octanol–water partition coefficient (Wildman–Crippen LogP) is 1.28. The smallest absolute Gasteiger partial charge is 0.335 e. The third kappa shape index (κ3) is 4.24. The lowest BCUT2D eigenvalue weighted by Crippen LogP contribution is -2.40. The van der Waals surface area contributed by atoms with Crippen molar-refractivity contribution in [1.29, 1.82) is 0 Å². The van der Waals surface area contributed by atoms with Gasteiger partial charge in [-0.15, -0.1) is 0 Å². The molecule has 0 spiro atoms. The molecular formula is C18H20N2O4S. The molecule has 0 bridgehead atoms. The zero-order valence-corrected chi connectivity index (χ0v) is 14.6. The van der Waals surface area contributed by atoms with Crippen molar-refractivity contribution in [1.82, 2.24) is 9.47 Å². The summed E-state index contributed by atoms with van der Waals surface area (Å²) in [6.07, 6.45) is 1.76. The SMILES string of the molecule is O=C(O)c1ccc(-c2cccn(CCN3CCS(=O)CC3)c2=O)cc1. The van der Waals surface area contributed by atoms with Crippen molar-refractivity contribution in [3.63, 3.8) is 0 Å². The Morgan fingerprint density at radius 2 is 1.76 bits per heavy atom. The first kappa shape index (κ1) is 17.6. The minimum Gasteiger partial charge on any atom is -0.478 e. The molecule has 1 fully saturated rings. The van der Waals surface area contributed by atoms with Crippen LogP contribution in [-0.2, 0) is 17.3 Å². The van der Waals surface area contributed by atoms with Crippen LogP contribution in [-0.4, -0.2) is 55.9 Å². The van der Waals surface area contributed by atoms with Crippen LogP contribution in [0.1, 0.15) is 10.4 Å². The highest BCUT2D eigenvalue weighted by atomic mass is 32.2. The van der Waals surface area contributed by atoms with Crippen molar-refractivity contribution in [2.24, 2.45) is 0 Å². The molecule has 0 aliphatic carbocycles. The van der Waals surface area contributed by atoms with Crippen LogP contribution >= 0.6 is 0 Å². The number of hydrogen-bond donors (Lipinski definition) is 1. The number of rotatable bonds is 5. The number of carboxylic acids is 1. The Bertz CT molecular complexity index is 835. The number of aromatic nitrogens is 1. The Labute approximate surface area is 148 Å². The molecule has 1 aromatic heterocycles. The molecule has 1 aliphatic heterocycles. The van der Waals surface area contributed by atoms with Gasteiger partial charge in [0, 0.05) is 60.2 Å². The van der Waals surface area contributed by atoms with Gasteiger partial charge in [-0.3, -0.25) is 13.9 Å². The van der Waals surface area contributed by atoms with Crippen LogP contribution in [0.4, 0.5) is 0 Å².